The van der Waals surface area contributed by atoms with E-state index in [1.807, 2.05) is 73.7 Å². The van der Waals surface area contributed by atoms with E-state index in [-0.39, 0.29) is 19.4 Å². The minimum atomic E-state index is -1.13. The van der Waals surface area contributed by atoms with Crippen LogP contribution in [0.4, 0.5) is 10.5 Å². The molecule has 2 unspecified atom stereocenters. The monoisotopic (exact) mass is 588 g/mol. The number of anilines is 1. The highest BCUT2D eigenvalue weighted by Crippen LogP contribution is 2.27. The molecule has 0 fully saturated rings. The Balaban J connectivity index is 2.03. The quantitative estimate of drug-likeness (QED) is 0.211. The lowest BCUT2D eigenvalue weighted by Crippen LogP contribution is -2.52. The summed E-state index contributed by atoms with van der Waals surface area (Å²) in [6, 6.07) is 18.8. The summed E-state index contributed by atoms with van der Waals surface area (Å²) in [5.41, 5.74) is 6.84. The summed E-state index contributed by atoms with van der Waals surface area (Å²) in [4.78, 5) is 54.4. The lowest BCUT2D eigenvalue weighted by molar-refractivity contribution is -0.141. The predicted octanol–water partition coefficient (Wildman–Crippen LogP) is 6.01. The van der Waals surface area contributed by atoms with Gasteiger partial charge in [0.25, 0.3) is 5.91 Å². The molecule has 0 aliphatic heterocycles. The molecule has 3 rings (SSSR count). The van der Waals surface area contributed by atoms with E-state index < -0.39 is 41.5 Å². The number of aryl methyl sites for hydroxylation is 1. The van der Waals surface area contributed by atoms with Gasteiger partial charge >= 0.3 is 6.09 Å². The molecule has 0 heterocycles. The number of unbranched alkanes of at least 4 members (excludes halogenated alkanes) is 2. The van der Waals surface area contributed by atoms with Crippen LogP contribution in [-0.2, 0) is 19.1 Å². The second kappa shape index (κ2) is 15.2. The van der Waals surface area contributed by atoms with Crippen molar-refractivity contribution in [3.05, 3.63) is 77.9 Å². The normalized spacial score (nSPS) is 12.7. The van der Waals surface area contributed by atoms with E-state index in [1.165, 1.54) is 4.90 Å². The summed E-state index contributed by atoms with van der Waals surface area (Å²) in [6.07, 6.45) is 1.42. The Hall–Kier alpha value is -4.40. The van der Waals surface area contributed by atoms with Crippen molar-refractivity contribution in [3.8, 4) is 0 Å². The number of primary amides is 1. The maximum Gasteiger partial charge on any atom is 0.408 e. The van der Waals surface area contributed by atoms with Gasteiger partial charge in [-0.25, -0.2) is 4.79 Å². The number of benzene rings is 3. The van der Waals surface area contributed by atoms with E-state index in [0.717, 1.165) is 29.2 Å². The second-order valence-electron chi connectivity index (χ2n) is 11.8. The summed E-state index contributed by atoms with van der Waals surface area (Å²) in [5, 5.41) is 7.65. The number of carbonyl (C=O) groups excluding carboxylic acids is 4. The molecule has 4 N–H and O–H groups in total. The number of nitrogens with two attached hydrogens (primary N) is 1. The van der Waals surface area contributed by atoms with E-state index in [1.54, 1.807) is 20.8 Å². The van der Waals surface area contributed by atoms with Crippen molar-refractivity contribution in [2.75, 3.05) is 11.9 Å². The van der Waals surface area contributed by atoms with Gasteiger partial charge in [0.2, 0.25) is 11.8 Å². The number of nitrogens with one attached hydrogen (secondary N) is 2. The minimum Gasteiger partial charge on any atom is -0.444 e. The molecule has 0 bridgehead atoms. The first kappa shape index (κ1) is 33.1. The van der Waals surface area contributed by atoms with Gasteiger partial charge in [0.1, 0.15) is 17.7 Å². The topological polar surface area (TPSA) is 131 Å². The van der Waals surface area contributed by atoms with Gasteiger partial charge < -0.3 is 26.0 Å². The zero-order chi connectivity index (χ0) is 31.6. The number of carbonyl (C=O) groups is 4. The lowest BCUT2D eigenvalue weighted by atomic mass is 9.99. The third kappa shape index (κ3) is 10.1. The van der Waals surface area contributed by atoms with E-state index in [9.17, 15) is 19.2 Å². The van der Waals surface area contributed by atoms with Crippen LogP contribution in [0.1, 0.15) is 77.0 Å². The Bertz CT molecular complexity index is 1410. The van der Waals surface area contributed by atoms with Crippen molar-refractivity contribution < 1.29 is 23.9 Å². The number of fused-ring (bicyclic) bond motifs is 1. The van der Waals surface area contributed by atoms with Gasteiger partial charge in [-0.15, -0.1) is 0 Å². The average molecular weight is 589 g/mol. The average Bonchev–Trinajstić information content (AvgIpc) is 2.94. The first-order valence-corrected chi connectivity index (χ1v) is 14.8. The van der Waals surface area contributed by atoms with Crippen LogP contribution in [0.15, 0.2) is 66.7 Å². The van der Waals surface area contributed by atoms with Gasteiger partial charge in [-0.05, 0) is 69.0 Å². The zero-order valence-corrected chi connectivity index (χ0v) is 25.8. The summed E-state index contributed by atoms with van der Waals surface area (Å²) >= 11 is 0. The number of hydrogen-bond donors (Lipinski definition) is 3. The summed E-state index contributed by atoms with van der Waals surface area (Å²) in [5.74, 6) is -1.50. The fraction of sp³-hybridized carbons (Fsp3) is 0.412. The molecule has 0 aromatic heterocycles. The maximum atomic E-state index is 14.3. The fourth-order valence-electron chi connectivity index (χ4n) is 4.79. The molecule has 0 spiro atoms. The van der Waals surface area contributed by atoms with Crippen molar-refractivity contribution in [2.24, 2.45) is 5.73 Å². The molecule has 4 amide bonds. The third-order valence-corrected chi connectivity index (χ3v) is 6.92. The summed E-state index contributed by atoms with van der Waals surface area (Å²) < 4.78 is 5.41. The Morgan fingerprint density at radius 2 is 1.60 bits per heavy atom. The molecule has 3 aromatic carbocycles. The van der Waals surface area contributed by atoms with Crippen LogP contribution in [0.5, 0.6) is 0 Å². The Morgan fingerprint density at radius 1 is 0.930 bits per heavy atom. The van der Waals surface area contributed by atoms with Crippen LogP contribution in [-0.4, -0.2) is 46.9 Å². The molecule has 0 radical (unpaired) electrons. The van der Waals surface area contributed by atoms with Crippen molar-refractivity contribution >= 4 is 40.3 Å². The number of rotatable bonds is 13. The molecule has 0 saturated heterocycles. The molecule has 230 valence electrons. The van der Waals surface area contributed by atoms with Gasteiger partial charge in [0.05, 0.1) is 0 Å². The SMILES string of the molecule is CCCCCN(C(=O)C(CCC(N)=O)NC(=O)OC(C)(C)C)C(C(=O)Nc1ccc2ccccc2c1)c1ccc(C)cc1. The Labute approximate surface area is 254 Å². The molecule has 0 aliphatic carbocycles. The molecule has 43 heavy (non-hydrogen) atoms. The highest BCUT2D eigenvalue weighted by molar-refractivity contribution is 6.00. The number of alkyl carbamates (subject to hydrolysis) is 1. The lowest BCUT2D eigenvalue weighted by Gasteiger charge is -2.34. The molecule has 2 atom stereocenters. The van der Waals surface area contributed by atoms with Crippen molar-refractivity contribution in [3.63, 3.8) is 0 Å². The highest BCUT2D eigenvalue weighted by atomic mass is 16.6. The van der Waals surface area contributed by atoms with Gasteiger partial charge in [0.15, 0.2) is 0 Å². The van der Waals surface area contributed by atoms with Crippen LogP contribution in [0.3, 0.4) is 0 Å². The maximum absolute atomic E-state index is 14.3. The van der Waals surface area contributed by atoms with Crippen LogP contribution in [0.2, 0.25) is 0 Å². The van der Waals surface area contributed by atoms with Crippen molar-refractivity contribution in [1.82, 2.24) is 10.2 Å². The number of hydrogen-bond acceptors (Lipinski definition) is 5. The smallest absolute Gasteiger partial charge is 0.408 e. The van der Waals surface area contributed by atoms with Gasteiger partial charge in [-0.2, -0.15) is 0 Å². The Morgan fingerprint density at radius 3 is 2.23 bits per heavy atom. The van der Waals surface area contributed by atoms with Gasteiger partial charge in [0, 0.05) is 18.7 Å². The molecule has 3 aromatic rings. The van der Waals surface area contributed by atoms with E-state index in [0.29, 0.717) is 17.7 Å². The third-order valence-electron chi connectivity index (χ3n) is 6.92. The van der Waals surface area contributed by atoms with Gasteiger partial charge in [-0.1, -0.05) is 79.9 Å². The number of ether oxygens (including phenoxy) is 1. The fourth-order valence-corrected chi connectivity index (χ4v) is 4.79. The van der Waals surface area contributed by atoms with Crippen molar-refractivity contribution in [1.29, 1.82) is 0 Å². The highest BCUT2D eigenvalue weighted by Gasteiger charge is 2.36. The minimum absolute atomic E-state index is 0.0371. The first-order chi connectivity index (χ1) is 20.4. The number of nitrogens with zero attached hydrogens (tertiary/aromatic N) is 1. The number of amides is 4. The second-order valence-corrected chi connectivity index (χ2v) is 11.8. The molecule has 9 nitrogen and oxygen atoms in total. The first-order valence-electron chi connectivity index (χ1n) is 14.8. The van der Waals surface area contributed by atoms with Crippen LogP contribution in [0.25, 0.3) is 10.8 Å². The summed E-state index contributed by atoms with van der Waals surface area (Å²) in [6.45, 7) is 9.41. The predicted molar refractivity (Wildman–Crippen MR) is 169 cm³/mol. The zero-order valence-electron chi connectivity index (χ0n) is 25.8. The molecule has 0 saturated carbocycles. The van der Waals surface area contributed by atoms with Crippen LogP contribution < -0.4 is 16.4 Å². The van der Waals surface area contributed by atoms with Crippen LogP contribution in [0, 0.1) is 6.92 Å². The van der Waals surface area contributed by atoms with E-state index in [4.69, 9.17) is 10.5 Å². The molecule has 0 aliphatic rings. The molecular formula is C34H44N4O5. The van der Waals surface area contributed by atoms with Crippen LogP contribution >= 0.6 is 0 Å². The van der Waals surface area contributed by atoms with E-state index in [2.05, 4.69) is 17.6 Å². The molecular weight excluding hydrogens is 544 g/mol. The summed E-state index contributed by atoms with van der Waals surface area (Å²) in [7, 11) is 0. The van der Waals surface area contributed by atoms with E-state index >= 15 is 0 Å². The largest absolute Gasteiger partial charge is 0.444 e. The standard InChI is InChI=1S/C34H44N4O5/c1-6-7-10-21-38(32(41)28(19-20-29(35)39)37-33(42)43-34(3,4)5)30(25-15-13-23(2)14-16-25)31(40)36-27-18-17-24-11-8-9-12-26(24)22-27/h8-9,11-18,22,28,30H,6-7,10,19-21H2,1-5H3,(H2,35,39)(H,36,40)(H,37,42). The Kier molecular flexibility index (Phi) is 11.7. The molecule has 9 heteroatoms. The van der Waals surface area contributed by atoms with Gasteiger partial charge in [-0.3, -0.25) is 14.4 Å². The van der Waals surface area contributed by atoms with Crippen molar-refractivity contribution in [2.45, 2.75) is 84.4 Å².